The fourth-order valence-electron chi connectivity index (χ4n) is 4.52. The van der Waals surface area contributed by atoms with Crippen LogP contribution in [0.2, 0.25) is 0 Å². The summed E-state index contributed by atoms with van der Waals surface area (Å²) in [5.41, 5.74) is 10.2. The predicted octanol–water partition coefficient (Wildman–Crippen LogP) is 4.98. The van der Waals surface area contributed by atoms with Crippen LogP contribution in [-0.4, -0.2) is 16.8 Å². The monoisotopic (exact) mass is 421 g/mol. The average Bonchev–Trinajstić information content (AvgIpc) is 3.34. The van der Waals surface area contributed by atoms with Crippen molar-refractivity contribution in [1.82, 2.24) is 15.8 Å². The number of fused-ring (bicyclic) bond motifs is 1. The predicted molar refractivity (Wildman–Crippen MR) is 129 cm³/mol. The zero-order valence-electron chi connectivity index (χ0n) is 17.9. The largest absolute Gasteiger partial charge is 0.333 e. The number of amides is 1. The van der Waals surface area contributed by atoms with Crippen molar-refractivity contribution in [3.8, 4) is 0 Å². The van der Waals surface area contributed by atoms with E-state index >= 15 is 0 Å². The van der Waals surface area contributed by atoms with Crippen LogP contribution >= 0.6 is 0 Å². The Morgan fingerprint density at radius 1 is 0.719 bits per heavy atom. The number of hydrazine groups is 1. The minimum absolute atomic E-state index is 0.0883. The number of nitrogens with zero attached hydrogens (tertiary/aromatic N) is 1. The van der Waals surface area contributed by atoms with Gasteiger partial charge in [-0.25, -0.2) is 10.9 Å². The summed E-state index contributed by atoms with van der Waals surface area (Å²) in [4.78, 5) is 15.6. The van der Waals surface area contributed by atoms with Crippen molar-refractivity contribution in [2.24, 2.45) is 0 Å². The van der Waals surface area contributed by atoms with E-state index in [4.69, 9.17) is 0 Å². The Hall–Kier alpha value is -3.47. The Morgan fingerprint density at radius 3 is 2.00 bits per heavy atom. The quantitative estimate of drug-likeness (QED) is 0.462. The van der Waals surface area contributed by atoms with E-state index in [1.807, 2.05) is 41.3 Å². The van der Waals surface area contributed by atoms with Crippen LogP contribution in [0.5, 0.6) is 0 Å². The summed E-state index contributed by atoms with van der Waals surface area (Å²) in [6, 6.07) is 35.0. The molecule has 2 atom stereocenters. The molecule has 4 nitrogen and oxygen atoms in total. The first kappa shape index (κ1) is 20.4. The summed E-state index contributed by atoms with van der Waals surface area (Å²) in [7, 11) is 0. The molecule has 1 aliphatic heterocycles. The number of benzene rings is 4. The zero-order chi connectivity index (χ0) is 21.8. The van der Waals surface area contributed by atoms with E-state index in [1.54, 1.807) is 0 Å². The fraction of sp³-hybridized carbons (Fsp3) is 0.179. The van der Waals surface area contributed by atoms with Crippen molar-refractivity contribution in [1.29, 1.82) is 0 Å². The summed E-state index contributed by atoms with van der Waals surface area (Å²) in [5, 5.41) is 2.45. The number of rotatable bonds is 6. The maximum absolute atomic E-state index is 13.6. The van der Waals surface area contributed by atoms with Gasteiger partial charge in [-0.2, -0.15) is 0 Å². The molecule has 0 bridgehead atoms. The van der Waals surface area contributed by atoms with Gasteiger partial charge in [0.05, 0.1) is 0 Å². The number of hydrogen-bond acceptors (Lipinski definition) is 3. The number of nitrogens with one attached hydrogen (secondary N) is 2. The first-order valence-corrected chi connectivity index (χ1v) is 11.1. The molecule has 0 aliphatic carbocycles. The molecule has 4 heteroatoms. The minimum atomic E-state index is -0.272. The maximum atomic E-state index is 13.6. The highest BCUT2D eigenvalue weighted by molar-refractivity contribution is 5.87. The number of carbonyl (C=O) groups excluding carboxylic acids is 1. The molecule has 1 amide bonds. The highest BCUT2D eigenvalue weighted by Gasteiger charge is 2.33. The van der Waals surface area contributed by atoms with Crippen molar-refractivity contribution in [3.63, 3.8) is 0 Å². The van der Waals surface area contributed by atoms with Crippen molar-refractivity contribution in [3.05, 3.63) is 120 Å². The second-order valence-electron chi connectivity index (χ2n) is 8.36. The Kier molecular flexibility index (Phi) is 5.97. The molecule has 4 aromatic carbocycles. The van der Waals surface area contributed by atoms with Gasteiger partial charge in [-0.1, -0.05) is 103 Å². The van der Waals surface area contributed by atoms with Crippen LogP contribution in [0.15, 0.2) is 103 Å². The smallest absolute Gasteiger partial charge is 0.241 e. The molecule has 32 heavy (non-hydrogen) atoms. The molecule has 1 aliphatic rings. The van der Waals surface area contributed by atoms with Crippen LogP contribution in [0.3, 0.4) is 0 Å². The van der Waals surface area contributed by atoms with Gasteiger partial charge in [-0.3, -0.25) is 4.79 Å². The molecule has 1 saturated heterocycles. The Morgan fingerprint density at radius 2 is 1.31 bits per heavy atom. The molecule has 0 spiro atoms. The van der Waals surface area contributed by atoms with Crippen molar-refractivity contribution >= 4 is 16.7 Å². The lowest BCUT2D eigenvalue weighted by Crippen LogP contribution is -2.45. The highest BCUT2D eigenvalue weighted by atomic mass is 16.2. The fourth-order valence-corrected chi connectivity index (χ4v) is 4.52. The van der Waals surface area contributed by atoms with Crippen LogP contribution < -0.4 is 10.9 Å². The Balaban J connectivity index is 1.36. The average molecular weight is 422 g/mol. The van der Waals surface area contributed by atoms with Crippen molar-refractivity contribution < 1.29 is 4.79 Å². The highest BCUT2D eigenvalue weighted by Crippen LogP contribution is 2.30. The lowest BCUT2D eigenvalue weighted by Gasteiger charge is -2.26. The van der Waals surface area contributed by atoms with Gasteiger partial charge in [0.2, 0.25) is 5.91 Å². The van der Waals surface area contributed by atoms with E-state index in [0.29, 0.717) is 19.5 Å². The van der Waals surface area contributed by atoms with Crippen molar-refractivity contribution in [2.45, 2.75) is 31.6 Å². The van der Waals surface area contributed by atoms with Gasteiger partial charge in [0, 0.05) is 19.1 Å². The van der Waals surface area contributed by atoms with Crippen LogP contribution in [0, 0.1) is 0 Å². The summed E-state index contributed by atoms with van der Waals surface area (Å²) in [5.74, 6) is 0.118. The van der Waals surface area contributed by atoms with E-state index in [9.17, 15) is 4.79 Å². The van der Waals surface area contributed by atoms with Crippen LogP contribution in [0.4, 0.5) is 0 Å². The normalized spacial score (nSPS) is 18.0. The molecule has 0 radical (unpaired) electrons. The SMILES string of the molecule is O=C(C1CC(c2cccc3ccccc23)NN1)N(Cc1ccccc1)Cc1ccccc1. The third kappa shape index (κ3) is 4.42. The second kappa shape index (κ2) is 9.35. The maximum Gasteiger partial charge on any atom is 0.241 e. The van der Waals surface area contributed by atoms with Crippen LogP contribution in [-0.2, 0) is 17.9 Å². The molecule has 1 heterocycles. The van der Waals surface area contributed by atoms with E-state index in [-0.39, 0.29) is 18.0 Å². The first-order chi connectivity index (χ1) is 15.8. The molecule has 5 rings (SSSR count). The van der Waals surface area contributed by atoms with Gasteiger partial charge < -0.3 is 4.90 Å². The van der Waals surface area contributed by atoms with Crippen LogP contribution in [0.1, 0.15) is 29.2 Å². The van der Waals surface area contributed by atoms with Gasteiger partial charge in [-0.05, 0) is 33.9 Å². The molecule has 2 N–H and O–H groups in total. The van der Waals surface area contributed by atoms with Crippen molar-refractivity contribution in [2.75, 3.05) is 0 Å². The van der Waals surface area contributed by atoms with Crippen LogP contribution in [0.25, 0.3) is 10.8 Å². The Bertz CT molecular complexity index is 1150. The lowest BCUT2D eigenvalue weighted by molar-refractivity contribution is -0.134. The summed E-state index contributed by atoms with van der Waals surface area (Å²) in [6.07, 6.45) is 0.715. The standard InChI is InChI=1S/C28H27N3O/c32-28(31(19-21-10-3-1-4-11-21)20-22-12-5-2-6-13-22)27-18-26(29-30-27)25-17-9-15-23-14-7-8-16-24(23)25/h1-17,26-27,29-30H,18-20H2. The van der Waals surface area contributed by atoms with Gasteiger partial charge >= 0.3 is 0 Å². The van der Waals surface area contributed by atoms with Gasteiger partial charge in [0.15, 0.2) is 0 Å². The third-order valence-corrected chi connectivity index (χ3v) is 6.14. The zero-order valence-corrected chi connectivity index (χ0v) is 17.9. The molecule has 4 aromatic rings. The molecule has 1 fully saturated rings. The molecular formula is C28H27N3O. The van der Waals surface area contributed by atoms with E-state index in [1.165, 1.54) is 16.3 Å². The second-order valence-corrected chi connectivity index (χ2v) is 8.36. The molecular weight excluding hydrogens is 394 g/mol. The van der Waals surface area contributed by atoms with Gasteiger partial charge in [0.1, 0.15) is 6.04 Å². The summed E-state index contributed by atoms with van der Waals surface area (Å²) < 4.78 is 0. The third-order valence-electron chi connectivity index (χ3n) is 6.14. The molecule has 0 aromatic heterocycles. The summed E-state index contributed by atoms with van der Waals surface area (Å²) >= 11 is 0. The van der Waals surface area contributed by atoms with E-state index < -0.39 is 0 Å². The lowest BCUT2D eigenvalue weighted by atomic mass is 9.95. The molecule has 2 unspecified atom stereocenters. The summed E-state index contributed by atoms with van der Waals surface area (Å²) in [6.45, 7) is 1.18. The van der Waals surface area contributed by atoms with E-state index in [2.05, 4.69) is 77.6 Å². The first-order valence-electron chi connectivity index (χ1n) is 11.1. The van der Waals surface area contributed by atoms with Gasteiger partial charge in [0.25, 0.3) is 0 Å². The topological polar surface area (TPSA) is 44.4 Å². The Labute approximate surface area is 188 Å². The van der Waals surface area contributed by atoms with E-state index in [0.717, 1.165) is 11.1 Å². The minimum Gasteiger partial charge on any atom is -0.333 e. The number of hydrogen-bond donors (Lipinski definition) is 2. The van der Waals surface area contributed by atoms with Gasteiger partial charge in [-0.15, -0.1) is 0 Å². The number of carbonyl (C=O) groups is 1. The molecule has 0 saturated carbocycles. The molecule has 160 valence electrons.